The third kappa shape index (κ3) is 3.37. The lowest BCUT2D eigenvalue weighted by Gasteiger charge is -2.33. The fourth-order valence-electron chi connectivity index (χ4n) is 3.62. The summed E-state index contributed by atoms with van der Waals surface area (Å²) < 4.78 is 21.7. The van der Waals surface area contributed by atoms with Gasteiger partial charge < -0.3 is 10.1 Å². The van der Waals surface area contributed by atoms with E-state index in [2.05, 4.69) is 10.4 Å². The van der Waals surface area contributed by atoms with Crippen molar-refractivity contribution >= 4 is 11.6 Å². The van der Waals surface area contributed by atoms with E-state index in [4.69, 9.17) is 4.74 Å². The van der Waals surface area contributed by atoms with Gasteiger partial charge in [-0.1, -0.05) is 18.2 Å². The van der Waals surface area contributed by atoms with Gasteiger partial charge in [0.25, 0.3) is 0 Å². The number of ether oxygens (including phenoxy) is 1. The number of halogens is 1. The molecule has 2 aromatic rings. The number of hydrogen-bond acceptors (Lipinski definition) is 4. The van der Waals surface area contributed by atoms with Crippen LogP contribution in [0, 0.1) is 5.82 Å². The van der Waals surface area contributed by atoms with Crippen molar-refractivity contribution < 1.29 is 13.9 Å². The summed E-state index contributed by atoms with van der Waals surface area (Å²) in [7, 11) is 1.89. The Morgan fingerprint density at radius 2 is 2.04 bits per heavy atom. The predicted octanol–water partition coefficient (Wildman–Crippen LogP) is 2.45. The number of aromatic nitrogens is 2. The van der Waals surface area contributed by atoms with E-state index >= 15 is 0 Å². The molecule has 1 N–H and O–H groups in total. The first-order valence-corrected chi connectivity index (χ1v) is 9.04. The SMILES string of the molecule is Cn1ncc(NC(=O)[C@H](c2ccccc2F)N2CCOCC2)c1C1CC1. The largest absolute Gasteiger partial charge is 0.379 e. The lowest BCUT2D eigenvalue weighted by Crippen LogP contribution is -2.44. The first-order chi connectivity index (χ1) is 12.6. The van der Waals surface area contributed by atoms with Crippen molar-refractivity contribution in [3.05, 3.63) is 47.5 Å². The Morgan fingerprint density at radius 3 is 2.73 bits per heavy atom. The number of amides is 1. The summed E-state index contributed by atoms with van der Waals surface area (Å²) in [5.74, 6) is -0.146. The van der Waals surface area contributed by atoms with Gasteiger partial charge in [-0.05, 0) is 18.9 Å². The summed E-state index contributed by atoms with van der Waals surface area (Å²) in [5.41, 5.74) is 2.17. The first kappa shape index (κ1) is 17.2. The Balaban J connectivity index is 1.63. The zero-order valence-electron chi connectivity index (χ0n) is 14.8. The van der Waals surface area contributed by atoms with E-state index in [1.54, 1.807) is 24.4 Å². The molecule has 2 aliphatic rings. The molecule has 0 unspecified atom stereocenters. The number of anilines is 1. The maximum atomic E-state index is 14.5. The second-order valence-electron chi connectivity index (χ2n) is 6.90. The number of carbonyl (C=O) groups is 1. The molecule has 6 nitrogen and oxygen atoms in total. The van der Waals surface area contributed by atoms with Gasteiger partial charge in [-0.15, -0.1) is 0 Å². The molecule has 2 heterocycles. The third-order valence-electron chi connectivity index (χ3n) is 5.07. The third-order valence-corrected chi connectivity index (χ3v) is 5.07. The molecule has 1 aromatic heterocycles. The highest BCUT2D eigenvalue weighted by molar-refractivity contribution is 5.96. The molecule has 7 heteroatoms. The number of morpholine rings is 1. The van der Waals surface area contributed by atoms with E-state index < -0.39 is 6.04 Å². The van der Waals surface area contributed by atoms with Gasteiger partial charge in [0.15, 0.2) is 0 Å². The molecule has 4 rings (SSSR count). The van der Waals surface area contributed by atoms with Gasteiger partial charge in [0.1, 0.15) is 11.9 Å². The second kappa shape index (κ2) is 7.17. The monoisotopic (exact) mass is 358 g/mol. The number of benzene rings is 1. The fourth-order valence-corrected chi connectivity index (χ4v) is 3.62. The van der Waals surface area contributed by atoms with Gasteiger partial charge in [0.2, 0.25) is 5.91 Å². The molecule has 0 spiro atoms. The average Bonchev–Trinajstić information content (AvgIpc) is 3.41. The number of nitrogens with one attached hydrogen (secondary N) is 1. The highest BCUT2D eigenvalue weighted by atomic mass is 19.1. The molecule has 1 atom stereocenters. The number of nitrogens with zero attached hydrogens (tertiary/aromatic N) is 3. The molecule has 1 aromatic carbocycles. The number of rotatable bonds is 5. The summed E-state index contributed by atoms with van der Waals surface area (Å²) >= 11 is 0. The molecular weight excluding hydrogens is 335 g/mol. The molecule has 2 fully saturated rings. The number of carbonyl (C=O) groups excluding carboxylic acids is 1. The molecule has 26 heavy (non-hydrogen) atoms. The number of hydrogen-bond donors (Lipinski definition) is 1. The zero-order chi connectivity index (χ0) is 18.1. The summed E-state index contributed by atoms with van der Waals surface area (Å²) in [5, 5.41) is 7.29. The van der Waals surface area contributed by atoms with Crippen LogP contribution in [0.5, 0.6) is 0 Å². The standard InChI is InChI=1S/C19H23FN4O2/c1-23-17(13-6-7-13)16(12-21-23)22-19(25)18(24-8-10-26-11-9-24)14-4-2-3-5-15(14)20/h2-5,12-13,18H,6-11H2,1H3,(H,22,25)/t18-/m0/s1. The van der Waals surface area contributed by atoms with Crippen LogP contribution in [0.15, 0.2) is 30.5 Å². The molecule has 1 aliphatic carbocycles. The molecule has 138 valence electrons. The van der Waals surface area contributed by atoms with Crippen molar-refractivity contribution in [3.63, 3.8) is 0 Å². The van der Waals surface area contributed by atoms with Crippen molar-refractivity contribution in [1.82, 2.24) is 14.7 Å². The van der Waals surface area contributed by atoms with Crippen molar-refractivity contribution in [3.8, 4) is 0 Å². The van der Waals surface area contributed by atoms with Crippen LogP contribution < -0.4 is 5.32 Å². The van der Waals surface area contributed by atoms with E-state index in [0.29, 0.717) is 37.8 Å². The molecule has 0 bridgehead atoms. The highest BCUT2D eigenvalue weighted by Gasteiger charge is 2.34. The quantitative estimate of drug-likeness (QED) is 0.892. The maximum absolute atomic E-state index is 14.5. The molecule has 1 saturated heterocycles. The van der Waals surface area contributed by atoms with Crippen LogP contribution in [0.3, 0.4) is 0 Å². The van der Waals surface area contributed by atoms with E-state index in [0.717, 1.165) is 24.2 Å². The van der Waals surface area contributed by atoms with Crippen molar-refractivity contribution in [1.29, 1.82) is 0 Å². The van der Waals surface area contributed by atoms with Crippen LogP contribution in [-0.4, -0.2) is 46.9 Å². The van der Waals surface area contributed by atoms with Gasteiger partial charge in [-0.25, -0.2) is 4.39 Å². The topological polar surface area (TPSA) is 59.4 Å². The van der Waals surface area contributed by atoms with Crippen molar-refractivity contribution in [2.75, 3.05) is 31.6 Å². The maximum Gasteiger partial charge on any atom is 0.246 e. The normalized spacial score (nSPS) is 19.3. The van der Waals surface area contributed by atoms with Gasteiger partial charge in [-0.2, -0.15) is 5.10 Å². The molecule has 1 aliphatic heterocycles. The van der Waals surface area contributed by atoms with E-state index in [1.165, 1.54) is 6.07 Å². The van der Waals surface area contributed by atoms with Crippen LogP contribution in [0.25, 0.3) is 0 Å². The molecule has 1 saturated carbocycles. The lowest BCUT2D eigenvalue weighted by molar-refractivity contribution is -0.123. The van der Waals surface area contributed by atoms with Gasteiger partial charge in [0, 0.05) is 31.6 Å². The first-order valence-electron chi connectivity index (χ1n) is 9.04. The minimum Gasteiger partial charge on any atom is -0.379 e. The minimum atomic E-state index is -0.688. The van der Waals surface area contributed by atoms with Crippen LogP contribution in [-0.2, 0) is 16.6 Å². The molecular formula is C19H23FN4O2. The second-order valence-corrected chi connectivity index (χ2v) is 6.90. The summed E-state index contributed by atoms with van der Waals surface area (Å²) in [6, 6.07) is 5.79. The minimum absolute atomic E-state index is 0.230. The van der Waals surface area contributed by atoms with Crippen molar-refractivity contribution in [2.24, 2.45) is 7.05 Å². The number of aryl methyl sites for hydroxylation is 1. The van der Waals surface area contributed by atoms with Crippen LogP contribution >= 0.6 is 0 Å². The zero-order valence-corrected chi connectivity index (χ0v) is 14.8. The predicted molar refractivity (Wildman–Crippen MR) is 95.3 cm³/mol. The van der Waals surface area contributed by atoms with Crippen LogP contribution in [0.1, 0.15) is 36.1 Å². The Bertz CT molecular complexity index is 797. The van der Waals surface area contributed by atoms with Gasteiger partial charge in [0.05, 0.1) is 30.8 Å². The van der Waals surface area contributed by atoms with Gasteiger partial charge in [-0.3, -0.25) is 14.4 Å². The van der Waals surface area contributed by atoms with Crippen LogP contribution in [0.2, 0.25) is 0 Å². The summed E-state index contributed by atoms with van der Waals surface area (Å²) in [4.78, 5) is 15.1. The lowest BCUT2D eigenvalue weighted by atomic mass is 10.0. The van der Waals surface area contributed by atoms with E-state index in [1.807, 2.05) is 16.6 Å². The fraction of sp³-hybridized carbons (Fsp3) is 0.474. The Morgan fingerprint density at radius 1 is 1.31 bits per heavy atom. The highest BCUT2D eigenvalue weighted by Crippen LogP contribution is 2.43. The smallest absolute Gasteiger partial charge is 0.246 e. The summed E-state index contributed by atoms with van der Waals surface area (Å²) in [6.07, 6.45) is 3.91. The molecule has 1 amide bonds. The van der Waals surface area contributed by atoms with Crippen LogP contribution in [0.4, 0.5) is 10.1 Å². The van der Waals surface area contributed by atoms with Gasteiger partial charge >= 0.3 is 0 Å². The average molecular weight is 358 g/mol. The van der Waals surface area contributed by atoms with E-state index in [9.17, 15) is 9.18 Å². The van der Waals surface area contributed by atoms with E-state index in [-0.39, 0.29) is 11.7 Å². The Labute approximate surface area is 151 Å². The van der Waals surface area contributed by atoms with Crippen molar-refractivity contribution in [2.45, 2.75) is 24.8 Å². The Hall–Kier alpha value is -2.25. The Kier molecular flexibility index (Phi) is 4.74. The molecule has 0 radical (unpaired) electrons. The summed E-state index contributed by atoms with van der Waals surface area (Å²) in [6.45, 7) is 2.26.